The molecule has 0 saturated heterocycles. The van der Waals surface area contributed by atoms with E-state index in [2.05, 4.69) is 19.8 Å². The minimum absolute atomic E-state index is 0.0666. The molecule has 12 nitrogen and oxygen atoms in total. The second kappa shape index (κ2) is 12.4. The number of aromatic nitrogens is 1. The molecule has 0 spiro atoms. The number of nitrogens with zero attached hydrogens (tertiary/aromatic N) is 1. The number of methoxy groups -OCH3 is 1. The minimum Gasteiger partial charge on any atom is -0.497 e. The first-order valence-corrected chi connectivity index (χ1v) is 14.5. The number of ether oxygens (including phenoxy) is 1. The van der Waals surface area contributed by atoms with Crippen LogP contribution in [0.15, 0.2) is 54.7 Å². The van der Waals surface area contributed by atoms with E-state index in [4.69, 9.17) is 15.9 Å². The van der Waals surface area contributed by atoms with E-state index in [9.17, 15) is 22.8 Å². The highest BCUT2D eigenvalue weighted by Gasteiger charge is 2.26. The summed E-state index contributed by atoms with van der Waals surface area (Å²) < 4.78 is 33.6. The molecule has 0 saturated carbocycles. The fourth-order valence-electron chi connectivity index (χ4n) is 3.67. The molecule has 0 fully saturated rings. The molecule has 5 N–H and O–H groups in total. The van der Waals surface area contributed by atoms with Gasteiger partial charge in [0, 0.05) is 11.6 Å². The molecule has 0 radical (unpaired) electrons. The molecule has 1 atom stereocenters. The lowest BCUT2D eigenvalue weighted by molar-refractivity contribution is 0.0748. The van der Waals surface area contributed by atoms with Crippen molar-refractivity contribution in [3.8, 4) is 16.9 Å². The Morgan fingerprint density at radius 3 is 2.17 bits per heavy atom. The lowest BCUT2D eigenvalue weighted by Crippen LogP contribution is -2.41. The molecule has 2 aromatic carbocycles. The van der Waals surface area contributed by atoms with Crippen LogP contribution in [0.25, 0.3) is 11.1 Å². The molecular weight excluding hydrogens is 562 g/mol. The van der Waals surface area contributed by atoms with Crippen LogP contribution in [0, 0.1) is 10.8 Å². The number of anilines is 1. The van der Waals surface area contributed by atoms with Gasteiger partial charge < -0.3 is 25.3 Å². The molecule has 3 rings (SSSR count). The maximum Gasteiger partial charge on any atom is 0.354 e. The number of hydrogen-bond acceptors (Lipinski definition) is 9. The topological polar surface area (TPSA) is 191 Å². The van der Waals surface area contributed by atoms with E-state index in [-0.39, 0.29) is 50.8 Å². The Labute approximate surface area is 244 Å². The molecule has 0 aliphatic heterocycles. The zero-order chi connectivity index (χ0) is 31.4. The molecule has 222 valence electrons. The Hall–Kier alpha value is -4.78. The van der Waals surface area contributed by atoms with Gasteiger partial charge in [0.05, 0.1) is 36.4 Å². The van der Waals surface area contributed by atoms with Gasteiger partial charge in [-0.3, -0.25) is 20.0 Å². The van der Waals surface area contributed by atoms with E-state index in [0.29, 0.717) is 11.4 Å². The third-order valence-electron chi connectivity index (χ3n) is 6.43. The maximum atomic E-state index is 13.5. The summed E-state index contributed by atoms with van der Waals surface area (Å²) in [5, 5.41) is 13.0. The number of benzene rings is 2. The highest BCUT2D eigenvalue weighted by atomic mass is 32.2. The van der Waals surface area contributed by atoms with Gasteiger partial charge in [-0.2, -0.15) is 8.42 Å². The lowest BCUT2D eigenvalue weighted by Gasteiger charge is -2.28. The standard InChI is InChI=1S/C29H33N5O7S/c1-16(29(2,3)4)33-26(35)17-7-10-21(23(13-17)28(37)41-42(6,38)39)20-11-9-19(40-5)14-22(20)27(36)34-18-8-12-24(25(30)31)32-15-18/h7-16H,1-6H3,(H3,30,31)(H,33,35)(H,34,36). The molecule has 13 heteroatoms. The predicted molar refractivity (Wildman–Crippen MR) is 158 cm³/mol. The largest absolute Gasteiger partial charge is 0.497 e. The first-order chi connectivity index (χ1) is 19.5. The van der Waals surface area contributed by atoms with Crippen LogP contribution in [0.3, 0.4) is 0 Å². The van der Waals surface area contributed by atoms with Gasteiger partial charge in [0.1, 0.15) is 17.3 Å². The van der Waals surface area contributed by atoms with Crippen molar-refractivity contribution < 1.29 is 31.7 Å². The van der Waals surface area contributed by atoms with Crippen LogP contribution in [0.2, 0.25) is 0 Å². The van der Waals surface area contributed by atoms with Crippen LogP contribution in [-0.4, -0.2) is 56.4 Å². The number of rotatable bonds is 9. The average molecular weight is 596 g/mol. The van der Waals surface area contributed by atoms with Gasteiger partial charge in [-0.15, -0.1) is 0 Å². The van der Waals surface area contributed by atoms with E-state index < -0.39 is 27.9 Å². The Bertz CT molecular complexity index is 1650. The summed E-state index contributed by atoms with van der Waals surface area (Å²) in [7, 11) is -2.79. The molecule has 0 aliphatic rings. The molecular formula is C29H33N5O7S. The van der Waals surface area contributed by atoms with Crippen molar-refractivity contribution in [1.82, 2.24) is 10.3 Å². The number of nitrogens with one attached hydrogen (secondary N) is 3. The number of carbonyl (C=O) groups is 3. The first-order valence-electron chi connectivity index (χ1n) is 12.7. The number of amidine groups is 1. The number of pyridine rings is 1. The quantitative estimate of drug-likeness (QED) is 0.163. The van der Waals surface area contributed by atoms with E-state index in [0.717, 1.165) is 6.26 Å². The molecule has 42 heavy (non-hydrogen) atoms. The van der Waals surface area contributed by atoms with Crippen molar-refractivity contribution in [2.24, 2.45) is 11.1 Å². The zero-order valence-electron chi connectivity index (χ0n) is 24.1. The third kappa shape index (κ3) is 7.91. The highest BCUT2D eigenvalue weighted by Crippen LogP contribution is 2.32. The van der Waals surface area contributed by atoms with Gasteiger partial charge in [-0.1, -0.05) is 26.8 Å². The summed E-state index contributed by atoms with van der Waals surface area (Å²) in [4.78, 5) is 43.6. The fourth-order valence-corrected chi connectivity index (χ4v) is 4.03. The lowest BCUT2D eigenvalue weighted by atomic mass is 9.87. The second-order valence-electron chi connectivity index (χ2n) is 10.6. The van der Waals surface area contributed by atoms with E-state index >= 15 is 0 Å². The van der Waals surface area contributed by atoms with Crippen LogP contribution in [0.5, 0.6) is 5.75 Å². The van der Waals surface area contributed by atoms with Crippen molar-refractivity contribution in [1.29, 1.82) is 5.41 Å². The van der Waals surface area contributed by atoms with Gasteiger partial charge >= 0.3 is 16.1 Å². The van der Waals surface area contributed by atoms with Gasteiger partial charge in [-0.05, 0) is 65.9 Å². The summed E-state index contributed by atoms with van der Waals surface area (Å²) in [5.41, 5.74) is 6.00. The van der Waals surface area contributed by atoms with E-state index in [1.54, 1.807) is 6.07 Å². The summed E-state index contributed by atoms with van der Waals surface area (Å²) in [6.07, 6.45) is 2.05. The average Bonchev–Trinajstić information content (AvgIpc) is 2.91. The Morgan fingerprint density at radius 2 is 1.62 bits per heavy atom. The van der Waals surface area contributed by atoms with E-state index in [1.807, 2.05) is 27.7 Å². The van der Waals surface area contributed by atoms with E-state index in [1.165, 1.54) is 55.8 Å². The Balaban J connectivity index is 2.13. The van der Waals surface area contributed by atoms with Crippen molar-refractivity contribution >= 4 is 39.4 Å². The summed E-state index contributed by atoms with van der Waals surface area (Å²) in [5.74, 6) is -2.21. The number of hydrogen-bond donors (Lipinski definition) is 4. The monoisotopic (exact) mass is 595 g/mol. The summed E-state index contributed by atoms with van der Waals surface area (Å²) in [6, 6.07) is 11.4. The van der Waals surface area contributed by atoms with Gasteiger partial charge in [0.2, 0.25) is 0 Å². The number of nitrogen functional groups attached to an aromatic ring is 1. The molecule has 1 unspecified atom stereocenters. The molecule has 0 bridgehead atoms. The summed E-state index contributed by atoms with van der Waals surface area (Å²) >= 11 is 0. The van der Waals surface area contributed by atoms with Crippen molar-refractivity contribution in [3.63, 3.8) is 0 Å². The molecule has 3 aromatic rings. The molecule has 1 aromatic heterocycles. The normalized spacial score (nSPS) is 12.1. The van der Waals surface area contributed by atoms with Crippen molar-refractivity contribution in [2.45, 2.75) is 33.7 Å². The third-order valence-corrected chi connectivity index (χ3v) is 6.89. The van der Waals surface area contributed by atoms with Crippen LogP contribution >= 0.6 is 0 Å². The van der Waals surface area contributed by atoms with Crippen molar-refractivity contribution in [3.05, 3.63) is 77.1 Å². The number of carbonyl (C=O) groups excluding carboxylic acids is 3. The number of amides is 2. The van der Waals surface area contributed by atoms with Crippen LogP contribution in [0.4, 0.5) is 5.69 Å². The maximum absolute atomic E-state index is 13.5. The highest BCUT2D eigenvalue weighted by molar-refractivity contribution is 7.86. The zero-order valence-corrected chi connectivity index (χ0v) is 24.9. The molecule has 2 amide bonds. The number of nitrogens with two attached hydrogens (primary N) is 1. The summed E-state index contributed by atoms with van der Waals surface area (Å²) in [6.45, 7) is 7.72. The SMILES string of the molecule is COc1ccc(-c2ccc(C(=O)NC(C)C(C)(C)C)cc2C(=O)OS(C)(=O)=O)c(C(=O)Nc2ccc(C(=N)N)nc2)c1. The minimum atomic E-state index is -4.21. The van der Waals surface area contributed by atoms with Gasteiger partial charge in [0.25, 0.3) is 11.8 Å². The van der Waals surface area contributed by atoms with Crippen molar-refractivity contribution in [2.75, 3.05) is 18.7 Å². The fraction of sp³-hybridized carbons (Fsp3) is 0.276. The predicted octanol–water partition coefficient (Wildman–Crippen LogP) is 3.57. The molecule has 0 aliphatic carbocycles. The van der Waals surface area contributed by atoms with Crippen LogP contribution in [0.1, 0.15) is 64.5 Å². The smallest absolute Gasteiger partial charge is 0.354 e. The van der Waals surface area contributed by atoms with Gasteiger partial charge in [0.15, 0.2) is 0 Å². The van der Waals surface area contributed by atoms with Gasteiger partial charge in [-0.25, -0.2) is 4.79 Å². The second-order valence-corrected chi connectivity index (χ2v) is 12.2. The first kappa shape index (κ1) is 31.7. The van der Waals surface area contributed by atoms with Crippen LogP contribution in [-0.2, 0) is 14.3 Å². The van der Waals surface area contributed by atoms with Crippen LogP contribution < -0.4 is 21.1 Å². The Morgan fingerprint density at radius 1 is 0.976 bits per heavy atom. The molecule has 1 heterocycles. The Kier molecular flexibility index (Phi) is 9.36.